The zero-order valence-electron chi connectivity index (χ0n) is 6.87. The Kier molecular flexibility index (Phi) is 2.25. The second kappa shape index (κ2) is 2.84. The van der Waals surface area contributed by atoms with E-state index in [0.717, 1.165) is 0 Å². The van der Waals surface area contributed by atoms with Crippen LogP contribution in [0.3, 0.4) is 0 Å². The molecule has 1 saturated heterocycles. The van der Waals surface area contributed by atoms with Gasteiger partial charge in [0.1, 0.15) is 0 Å². The predicted molar refractivity (Wildman–Crippen MR) is 36.6 cm³/mol. The molecule has 1 fully saturated rings. The van der Waals surface area contributed by atoms with Crippen molar-refractivity contribution in [1.29, 1.82) is 0 Å². The van der Waals surface area contributed by atoms with Gasteiger partial charge in [0.25, 0.3) is 0 Å². The van der Waals surface area contributed by atoms with Crippen molar-refractivity contribution in [3.8, 4) is 0 Å². The van der Waals surface area contributed by atoms with Crippen molar-refractivity contribution in [2.45, 2.75) is 26.3 Å². The number of hydroxylamine groups is 4. The standard InChI is InChI=1S/C6H14N2O2/c1-5-7(3)10-6(2)8(4)9-5/h5-6H,1-4H3. The van der Waals surface area contributed by atoms with Crippen molar-refractivity contribution in [1.82, 2.24) is 10.1 Å². The molecule has 0 aromatic rings. The molecule has 0 spiro atoms. The summed E-state index contributed by atoms with van der Waals surface area (Å²) in [6, 6.07) is 0. The maximum absolute atomic E-state index is 5.34. The first-order valence-corrected chi connectivity index (χ1v) is 3.40. The lowest BCUT2D eigenvalue weighted by Gasteiger charge is -2.38. The second-order valence-electron chi connectivity index (χ2n) is 2.50. The van der Waals surface area contributed by atoms with E-state index in [-0.39, 0.29) is 12.5 Å². The summed E-state index contributed by atoms with van der Waals surface area (Å²) < 4.78 is 0. The van der Waals surface area contributed by atoms with Crippen molar-refractivity contribution in [2.24, 2.45) is 0 Å². The molecule has 60 valence electrons. The molecule has 4 nitrogen and oxygen atoms in total. The Morgan fingerprint density at radius 3 is 1.50 bits per heavy atom. The molecule has 0 aromatic heterocycles. The van der Waals surface area contributed by atoms with Gasteiger partial charge in [0, 0.05) is 14.1 Å². The quantitative estimate of drug-likeness (QED) is 0.494. The van der Waals surface area contributed by atoms with Gasteiger partial charge in [0.2, 0.25) is 0 Å². The monoisotopic (exact) mass is 146 g/mol. The minimum atomic E-state index is 0.00111. The molecule has 1 aliphatic rings. The zero-order chi connectivity index (χ0) is 7.72. The SMILES string of the molecule is CC1ON(C)C(C)ON1C. The lowest BCUT2D eigenvalue weighted by Crippen LogP contribution is -2.49. The highest BCUT2D eigenvalue weighted by molar-refractivity contribution is 4.49. The molecule has 2 atom stereocenters. The lowest BCUT2D eigenvalue weighted by atomic mass is 10.6. The van der Waals surface area contributed by atoms with Crippen molar-refractivity contribution < 1.29 is 9.68 Å². The highest BCUT2D eigenvalue weighted by atomic mass is 16.8. The zero-order valence-corrected chi connectivity index (χ0v) is 6.87. The van der Waals surface area contributed by atoms with Gasteiger partial charge in [-0.25, -0.2) is 0 Å². The third-order valence-electron chi connectivity index (χ3n) is 1.66. The summed E-state index contributed by atoms with van der Waals surface area (Å²) in [5.41, 5.74) is 0. The molecule has 0 radical (unpaired) electrons. The Labute approximate surface area is 61.2 Å². The molecule has 0 aromatic carbocycles. The fourth-order valence-corrected chi connectivity index (χ4v) is 0.785. The minimum absolute atomic E-state index is 0.00111. The molecular weight excluding hydrogens is 132 g/mol. The van der Waals surface area contributed by atoms with Crippen molar-refractivity contribution >= 4 is 0 Å². The van der Waals surface area contributed by atoms with Gasteiger partial charge in [-0.05, 0) is 13.8 Å². The summed E-state index contributed by atoms with van der Waals surface area (Å²) >= 11 is 0. The van der Waals surface area contributed by atoms with Crippen LogP contribution in [0.4, 0.5) is 0 Å². The fraction of sp³-hybridized carbons (Fsp3) is 1.00. The first kappa shape index (κ1) is 7.94. The summed E-state index contributed by atoms with van der Waals surface area (Å²) in [5, 5.41) is 3.40. The maximum atomic E-state index is 5.34. The number of hydrogen-bond acceptors (Lipinski definition) is 4. The van der Waals surface area contributed by atoms with Crippen LogP contribution in [0.15, 0.2) is 0 Å². The second-order valence-corrected chi connectivity index (χ2v) is 2.50. The van der Waals surface area contributed by atoms with E-state index < -0.39 is 0 Å². The molecular formula is C6H14N2O2. The molecule has 1 aliphatic heterocycles. The molecule has 1 rings (SSSR count). The first-order valence-electron chi connectivity index (χ1n) is 3.40. The summed E-state index contributed by atoms with van der Waals surface area (Å²) in [7, 11) is 3.71. The van der Waals surface area contributed by atoms with E-state index in [1.165, 1.54) is 0 Å². The van der Waals surface area contributed by atoms with Crippen molar-refractivity contribution in [2.75, 3.05) is 14.1 Å². The first-order chi connectivity index (χ1) is 4.61. The molecule has 2 unspecified atom stereocenters. The van der Waals surface area contributed by atoms with E-state index in [2.05, 4.69) is 0 Å². The van der Waals surface area contributed by atoms with E-state index in [1.807, 2.05) is 27.9 Å². The van der Waals surface area contributed by atoms with E-state index in [0.29, 0.717) is 0 Å². The average Bonchev–Trinajstić information content (AvgIpc) is 1.84. The van der Waals surface area contributed by atoms with Crippen LogP contribution >= 0.6 is 0 Å². The van der Waals surface area contributed by atoms with Crippen LogP contribution in [0, 0.1) is 0 Å². The maximum Gasteiger partial charge on any atom is 0.151 e. The van der Waals surface area contributed by atoms with Crippen LogP contribution < -0.4 is 0 Å². The molecule has 10 heavy (non-hydrogen) atoms. The molecule has 0 bridgehead atoms. The Hall–Kier alpha value is -0.160. The van der Waals surface area contributed by atoms with E-state index in [9.17, 15) is 0 Å². The van der Waals surface area contributed by atoms with Gasteiger partial charge in [0.15, 0.2) is 12.5 Å². The van der Waals surface area contributed by atoms with Crippen molar-refractivity contribution in [3.05, 3.63) is 0 Å². The number of hydrogen-bond donors (Lipinski definition) is 0. The van der Waals surface area contributed by atoms with Gasteiger partial charge in [-0.15, -0.1) is 0 Å². The predicted octanol–water partition coefficient (Wildman–Crippen LogP) is 0.419. The van der Waals surface area contributed by atoms with Crippen LogP contribution in [0.25, 0.3) is 0 Å². The molecule has 0 saturated carbocycles. The Morgan fingerprint density at radius 2 is 1.20 bits per heavy atom. The lowest BCUT2D eigenvalue weighted by molar-refractivity contribution is -0.423. The van der Waals surface area contributed by atoms with E-state index >= 15 is 0 Å². The topological polar surface area (TPSA) is 24.9 Å². The van der Waals surface area contributed by atoms with Gasteiger partial charge in [-0.2, -0.15) is 10.1 Å². The minimum Gasteiger partial charge on any atom is -0.276 e. The molecule has 0 N–H and O–H groups in total. The summed E-state index contributed by atoms with van der Waals surface area (Å²) in [4.78, 5) is 10.7. The number of rotatable bonds is 0. The van der Waals surface area contributed by atoms with Gasteiger partial charge in [-0.3, -0.25) is 9.68 Å². The summed E-state index contributed by atoms with van der Waals surface area (Å²) in [5.74, 6) is 0. The van der Waals surface area contributed by atoms with Crippen LogP contribution in [0.2, 0.25) is 0 Å². The Morgan fingerprint density at radius 1 is 0.900 bits per heavy atom. The highest BCUT2D eigenvalue weighted by Gasteiger charge is 2.25. The molecule has 1 heterocycles. The van der Waals surface area contributed by atoms with Gasteiger partial charge < -0.3 is 0 Å². The van der Waals surface area contributed by atoms with Crippen LogP contribution in [-0.4, -0.2) is 36.7 Å². The van der Waals surface area contributed by atoms with Gasteiger partial charge in [0.05, 0.1) is 0 Å². The van der Waals surface area contributed by atoms with E-state index in [4.69, 9.17) is 9.68 Å². The Balaban J connectivity index is 2.46. The molecule has 4 heteroatoms. The largest absolute Gasteiger partial charge is 0.276 e. The van der Waals surface area contributed by atoms with Gasteiger partial charge >= 0.3 is 0 Å². The fourth-order valence-electron chi connectivity index (χ4n) is 0.785. The van der Waals surface area contributed by atoms with E-state index in [1.54, 1.807) is 10.1 Å². The van der Waals surface area contributed by atoms with Crippen LogP contribution in [-0.2, 0) is 9.68 Å². The third-order valence-corrected chi connectivity index (χ3v) is 1.66. The van der Waals surface area contributed by atoms with Gasteiger partial charge in [-0.1, -0.05) is 0 Å². The number of nitrogens with zero attached hydrogens (tertiary/aromatic N) is 2. The normalized spacial score (nSPS) is 38.4. The molecule has 0 aliphatic carbocycles. The smallest absolute Gasteiger partial charge is 0.151 e. The average molecular weight is 146 g/mol. The van der Waals surface area contributed by atoms with Crippen LogP contribution in [0.5, 0.6) is 0 Å². The highest BCUT2D eigenvalue weighted by Crippen LogP contribution is 2.13. The van der Waals surface area contributed by atoms with Crippen LogP contribution in [0.1, 0.15) is 13.8 Å². The third kappa shape index (κ3) is 1.46. The summed E-state index contributed by atoms with van der Waals surface area (Å²) in [6.45, 7) is 3.87. The van der Waals surface area contributed by atoms with Crippen molar-refractivity contribution in [3.63, 3.8) is 0 Å². The Bertz CT molecular complexity index is 94.3. The summed E-state index contributed by atoms with van der Waals surface area (Å²) in [6.07, 6.45) is 0.00222. The molecule has 0 amide bonds.